The van der Waals surface area contributed by atoms with Gasteiger partial charge in [0.05, 0.1) is 5.71 Å². The van der Waals surface area contributed by atoms with Crippen molar-refractivity contribution in [2.45, 2.75) is 59.1 Å². The number of hydrogen-bond donors (Lipinski definition) is 0. The Hall–Kier alpha value is -2.21. The maximum Gasteiger partial charge on any atom is 0.381 e. The minimum Gasteiger partial charge on any atom is -0.377 e. The van der Waals surface area contributed by atoms with Crippen molar-refractivity contribution in [1.82, 2.24) is 4.90 Å². The molecule has 6 nitrogen and oxygen atoms in total. The Morgan fingerprint density at radius 2 is 2.00 bits per heavy atom. The summed E-state index contributed by atoms with van der Waals surface area (Å²) in [4.78, 5) is 25.4. The van der Waals surface area contributed by atoms with E-state index < -0.39 is 11.6 Å². The topological polar surface area (TPSA) is 63.5 Å². The van der Waals surface area contributed by atoms with Crippen LogP contribution in [0.4, 0.5) is 0 Å². The Kier molecular flexibility index (Phi) is 6.18. The minimum atomic E-state index is -1.08. The zero-order chi connectivity index (χ0) is 20.2. The third kappa shape index (κ3) is 5.19. The molecule has 0 amide bonds. The van der Waals surface area contributed by atoms with Crippen molar-refractivity contribution >= 4 is 17.9 Å². The summed E-state index contributed by atoms with van der Waals surface area (Å²) in [5.41, 5.74) is 0.987. The van der Waals surface area contributed by atoms with E-state index in [0.717, 1.165) is 38.2 Å². The van der Waals surface area contributed by atoms with E-state index >= 15 is 0 Å². The second-order valence-electron chi connectivity index (χ2n) is 9.02. The van der Waals surface area contributed by atoms with E-state index in [4.69, 9.17) is 9.68 Å². The molecule has 2 aliphatic heterocycles. The number of likely N-dealkylation sites (tertiary alicyclic amines) is 1. The normalized spacial score (nSPS) is 24.2. The Labute approximate surface area is 167 Å². The molecule has 2 heterocycles. The highest BCUT2D eigenvalue weighted by atomic mass is 16.7. The van der Waals surface area contributed by atoms with Crippen LogP contribution in [0.15, 0.2) is 40.6 Å². The molecular formula is C22H31N3O3. The number of carbonyl (C=O) groups is 1. The molecule has 152 valence electrons. The predicted molar refractivity (Wildman–Crippen MR) is 110 cm³/mol. The first-order valence-electron chi connectivity index (χ1n) is 10.0. The molecule has 6 heteroatoms. The Morgan fingerprint density at radius 1 is 1.32 bits per heavy atom. The molecule has 0 aromatic heterocycles. The van der Waals surface area contributed by atoms with Crippen LogP contribution in [-0.4, -0.2) is 41.5 Å². The molecule has 0 radical (unpaired) electrons. The number of benzene rings is 1. The largest absolute Gasteiger partial charge is 0.381 e. The van der Waals surface area contributed by atoms with Crippen LogP contribution < -0.4 is 0 Å². The summed E-state index contributed by atoms with van der Waals surface area (Å²) < 4.78 is 0. The zero-order valence-corrected chi connectivity index (χ0v) is 17.4. The summed E-state index contributed by atoms with van der Waals surface area (Å²) in [5.74, 6) is -0.160. The lowest BCUT2D eigenvalue weighted by molar-refractivity contribution is -0.167. The van der Waals surface area contributed by atoms with Crippen LogP contribution in [-0.2, 0) is 21.0 Å². The number of carbonyl (C=O) groups excluding carboxylic acids is 1. The molecule has 2 aliphatic rings. The summed E-state index contributed by atoms with van der Waals surface area (Å²) in [7, 11) is 0. The third-order valence-electron chi connectivity index (χ3n) is 5.45. The summed E-state index contributed by atoms with van der Waals surface area (Å²) in [6.45, 7) is 10.9. The van der Waals surface area contributed by atoms with Gasteiger partial charge in [-0.3, -0.25) is 4.90 Å². The fraction of sp³-hybridized carbons (Fsp3) is 0.591. The number of hydrogen-bond acceptors (Lipinski definition) is 6. The highest BCUT2D eigenvalue weighted by molar-refractivity contribution is 5.96. The van der Waals surface area contributed by atoms with Crippen LogP contribution in [0, 0.1) is 11.3 Å². The Bertz CT molecular complexity index is 731. The fourth-order valence-electron chi connectivity index (χ4n) is 3.41. The Morgan fingerprint density at radius 3 is 2.61 bits per heavy atom. The number of rotatable bonds is 5. The van der Waals surface area contributed by atoms with Crippen LogP contribution in [0.1, 0.15) is 52.5 Å². The number of oxime groups is 2. The lowest BCUT2D eigenvalue weighted by Crippen LogP contribution is -2.38. The molecule has 0 spiro atoms. The molecule has 1 unspecified atom stereocenters. The van der Waals surface area contributed by atoms with Gasteiger partial charge in [-0.05, 0) is 44.3 Å². The fourth-order valence-corrected chi connectivity index (χ4v) is 3.41. The molecule has 3 rings (SSSR count). The second-order valence-corrected chi connectivity index (χ2v) is 9.02. The minimum absolute atomic E-state index is 0.130. The van der Waals surface area contributed by atoms with Gasteiger partial charge in [0.25, 0.3) is 0 Å². The first-order valence-corrected chi connectivity index (χ1v) is 10.0. The van der Waals surface area contributed by atoms with Crippen molar-refractivity contribution in [3.8, 4) is 0 Å². The van der Waals surface area contributed by atoms with E-state index in [0.29, 0.717) is 12.3 Å². The van der Waals surface area contributed by atoms with E-state index in [2.05, 4.69) is 60.2 Å². The first kappa shape index (κ1) is 20.5. The van der Waals surface area contributed by atoms with Gasteiger partial charge in [0, 0.05) is 24.6 Å². The molecule has 0 saturated carbocycles. The third-order valence-corrected chi connectivity index (χ3v) is 5.45. The highest BCUT2D eigenvalue weighted by Crippen LogP contribution is 2.32. The lowest BCUT2D eigenvalue weighted by atomic mass is 9.84. The molecule has 28 heavy (non-hydrogen) atoms. The van der Waals surface area contributed by atoms with Crippen LogP contribution in [0.3, 0.4) is 0 Å². The average Bonchev–Trinajstić information content (AvgIpc) is 3.08. The van der Waals surface area contributed by atoms with Crippen molar-refractivity contribution in [3.05, 3.63) is 35.9 Å². The molecule has 1 aromatic carbocycles. The molecule has 1 saturated heterocycles. The SMILES string of the molecule is CC(C)(C)C1=NOC(C)(C(=O)O/N=C/C2CCN(Cc3ccccc3)CC2)C1. The number of piperidine rings is 1. The standard InChI is InChI=1S/C22H31N3O3/c1-21(2,3)19-14-22(4,28-24-19)20(26)27-23-15-17-10-12-25(13-11-17)16-18-8-6-5-7-9-18/h5-9,15,17H,10-14,16H2,1-4H3/b23-15+. The van der Waals surface area contributed by atoms with Crippen LogP contribution in [0.5, 0.6) is 0 Å². The van der Waals surface area contributed by atoms with Crippen molar-refractivity contribution < 1.29 is 14.5 Å². The van der Waals surface area contributed by atoms with Gasteiger partial charge >= 0.3 is 5.97 Å². The first-order chi connectivity index (χ1) is 13.3. The van der Waals surface area contributed by atoms with Gasteiger partial charge in [-0.15, -0.1) is 0 Å². The van der Waals surface area contributed by atoms with Crippen molar-refractivity contribution in [3.63, 3.8) is 0 Å². The van der Waals surface area contributed by atoms with Crippen molar-refractivity contribution in [2.24, 2.45) is 21.6 Å². The number of nitrogens with zero attached hydrogens (tertiary/aromatic N) is 3. The molecule has 1 aromatic rings. The average molecular weight is 386 g/mol. The van der Waals surface area contributed by atoms with E-state index in [1.165, 1.54) is 5.56 Å². The van der Waals surface area contributed by atoms with Gasteiger partial charge in [0.15, 0.2) is 0 Å². The van der Waals surface area contributed by atoms with Gasteiger partial charge in [0.1, 0.15) is 0 Å². The highest BCUT2D eigenvalue weighted by Gasteiger charge is 2.46. The maximum atomic E-state index is 12.4. The van der Waals surface area contributed by atoms with E-state index in [1.807, 2.05) is 6.07 Å². The van der Waals surface area contributed by atoms with Gasteiger partial charge < -0.3 is 9.68 Å². The maximum absolute atomic E-state index is 12.4. The summed E-state index contributed by atoms with van der Waals surface area (Å²) in [6.07, 6.45) is 4.22. The van der Waals surface area contributed by atoms with Gasteiger partial charge in [-0.1, -0.05) is 61.4 Å². The molecular weight excluding hydrogens is 354 g/mol. The molecule has 1 fully saturated rings. The zero-order valence-electron chi connectivity index (χ0n) is 17.4. The van der Waals surface area contributed by atoms with Crippen molar-refractivity contribution in [1.29, 1.82) is 0 Å². The summed E-state index contributed by atoms with van der Waals surface area (Å²) >= 11 is 0. The predicted octanol–water partition coefficient (Wildman–Crippen LogP) is 4.01. The Balaban J connectivity index is 1.42. The molecule has 0 bridgehead atoms. The van der Waals surface area contributed by atoms with Crippen LogP contribution in [0.2, 0.25) is 0 Å². The van der Waals surface area contributed by atoms with Gasteiger partial charge in [-0.2, -0.15) is 0 Å². The molecule has 0 N–H and O–H groups in total. The summed E-state index contributed by atoms with van der Waals surface area (Å²) in [6, 6.07) is 10.5. The monoisotopic (exact) mass is 385 g/mol. The molecule has 1 atom stereocenters. The van der Waals surface area contributed by atoms with E-state index in [1.54, 1.807) is 13.1 Å². The molecule has 0 aliphatic carbocycles. The quantitative estimate of drug-likeness (QED) is 0.436. The summed E-state index contributed by atoms with van der Waals surface area (Å²) in [5, 5.41) is 8.04. The van der Waals surface area contributed by atoms with Crippen LogP contribution in [0.25, 0.3) is 0 Å². The van der Waals surface area contributed by atoms with E-state index in [9.17, 15) is 4.79 Å². The van der Waals surface area contributed by atoms with Gasteiger partial charge in [-0.25, -0.2) is 4.79 Å². The second kappa shape index (κ2) is 8.43. The smallest absolute Gasteiger partial charge is 0.377 e. The van der Waals surface area contributed by atoms with Gasteiger partial charge in [0.2, 0.25) is 5.60 Å². The van der Waals surface area contributed by atoms with Crippen molar-refractivity contribution in [2.75, 3.05) is 13.1 Å². The van der Waals surface area contributed by atoms with E-state index in [-0.39, 0.29) is 5.41 Å². The van der Waals surface area contributed by atoms with Crippen LogP contribution >= 0.6 is 0 Å². The lowest BCUT2D eigenvalue weighted by Gasteiger charge is -2.30.